The number of benzene rings is 1. The second-order valence-corrected chi connectivity index (χ2v) is 7.46. The normalized spacial score (nSPS) is 24.8. The molecule has 1 aliphatic carbocycles. The van der Waals surface area contributed by atoms with Crippen LogP contribution in [0.25, 0.3) is 11.0 Å². The molecule has 0 bridgehead atoms. The third kappa shape index (κ3) is 2.62. The molecule has 2 amide bonds. The quantitative estimate of drug-likeness (QED) is 0.879. The lowest BCUT2D eigenvalue weighted by molar-refractivity contribution is -0.149. The number of fused-ring (bicyclic) bond motifs is 2. The van der Waals surface area contributed by atoms with E-state index in [1.807, 2.05) is 31.2 Å². The molecule has 2 aliphatic rings. The molecule has 1 aromatic carbocycles. The first-order valence-corrected chi connectivity index (χ1v) is 9.19. The number of para-hydroxylation sites is 2. The van der Waals surface area contributed by atoms with E-state index in [9.17, 15) is 14.7 Å². The van der Waals surface area contributed by atoms with Crippen LogP contribution in [0.1, 0.15) is 25.1 Å². The molecular weight excluding hydrogens is 332 g/mol. The lowest BCUT2D eigenvalue weighted by Gasteiger charge is -2.23. The minimum atomic E-state index is -0.754. The second kappa shape index (κ2) is 6.30. The van der Waals surface area contributed by atoms with Crippen LogP contribution in [0.4, 0.5) is 4.79 Å². The molecule has 1 saturated carbocycles. The zero-order valence-corrected chi connectivity index (χ0v) is 14.9. The van der Waals surface area contributed by atoms with Crippen LogP contribution < -0.4 is 5.32 Å². The fraction of sp³-hybridized carbons (Fsp3) is 0.526. The Morgan fingerprint density at radius 2 is 2.19 bits per heavy atom. The number of urea groups is 1. The highest BCUT2D eigenvalue weighted by Gasteiger charge is 2.55. The molecule has 1 aliphatic heterocycles. The van der Waals surface area contributed by atoms with Gasteiger partial charge < -0.3 is 19.9 Å². The van der Waals surface area contributed by atoms with Crippen molar-refractivity contribution in [3.05, 3.63) is 30.1 Å². The minimum Gasteiger partial charge on any atom is -0.481 e. The number of aliphatic carboxylic acids is 1. The summed E-state index contributed by atoms with van der Waals surface area (Å²) in [5, 5.41) is 12.6. The van der Waals surface area contributed by atoms with E-state index < -0.39 is 11.4 Å². The highest BCUT2D eigenvalue weighted by molar-refractivity contribution is 5.80. The SMILES string of the molecule is Cc1nc2ccccc2n1CCNC(=O)N1C[C@@H]2CCC[C@@]2(C(=O)O)C1. The highest BCUT2D eigenvalue weighted by Crippen LogP contribution is 2.48. The van der Waals surface area contributed by atoms with Crippen molar-refractivity contribution in [2.45, 2.75) is 32.7 Å². The van der Waals surface area contributed by atoms with Gasteiger partial charge in [0.1, 0.15) is 5.82 Å². The van der Waals surface area contributed by atoms with Crippen molar-refractivity contribution in [1.82, 2.24) is 19.8 Å². The average molecular weight is 356 g/mol. The maximum absolute atomic E-state index is 12.5. The first-order valence-electron chi connectivity index (χ1n) is 9.19. The van der Waals surface area contributed by atoms with Gasteiger partial charge in [0.25, 0.3) is 0 Å². The van der Waals surface area contributed by atoms with Gasteiger partial charge in [-0.05, 0) is 37.8 Å². The minimum absolute atomic E-state index is 0.0885. The predicted molar refractivity (Wildman–Crippen MR) is 96.9 cm³/mol. The maximum Gasteiger partial charge on any atom is 0.317 e. The van der Waals surface area contributed by atoms with Crippen molar-refractivity contribution in [2.75, 3.05) is 19.6 Å². The van der Waals surface area contributed by atoms with Crippen LogP contribution >= 0.6 is 0 Å². The van der Waals surface area contributed by atoms with Gasteiger partial charge in [-0.3, -0.25) is 4.79 Å². The van der Waals surface area contributed by atoms with E-state index in [1.54, 1.807) is 4.90 Å². The molecule has 138 valence electrons. The number of amides is 2. The fourth-order valence-corrected chi connectivity index (χ4v) is 4.66. The lowest BCUT2D eigenvalue weighted by Crippen LogP contribution is -2.42. The number of nitrogens with zero attached hydrogens (tertiary/aromatic N) is 3. The predicted octanol–water partition coefficient (Wildman–Crippen LogP) is 2.24. The van der Waals surface area contributed by atoms with Gasteiger partial charge in [0.2, 0.25) is 0 Å². The molecule has 0 unspecified atom stereocenters. The van der Waals surface area contributed by atoms with Crippen molar-refractivity contribution < 1.29 is 14.7 Å². The number of nitrogens with one attached hydrogen (secondary N) is 1. The molecule has 1 saturated heterocycles. The number of carbonyl (C=O) groups is 2. The van der Waals surface area contributed by atoms with Crippen LogP contribution in [0.3, 0.4) is 0 Å². The summed E-state index contributed by atoms with van der Waals surface area (Å²) >= 11 is 0. The third-order valence-electron chi connectivity index (χ3n) is 6.04. The molecular formula is C19H24N4O3. The van der Waals surface area contributed by atoms with E-state index in [0.717, 1.165) is 29.7 Å². The number of carboxylic acid groups (broad SMARTS) is 1. The molecule has 1 aromatic heterocycles. The number of hydrogen-bond acceptors (Lipinski definition) is 3. The van der Waals surface area contributed by atoms with E-state index in [-0.39, 0.29) is 11.9 Å². The molecule has 2 heterocycles. The Hall–Kier alpha value is -2.57. The molecule has 2 atom stereocenters. The van der Waals surface area contributed by atoms with E-state index in [2.05, 4.69) is 14.9 Å². The molecule has 2 aromatic rings. The number of carbonyl (C=O) groups excluding carboxylic acids is 1. The fourth-order valence-electron chi connectivity index (χ4n) is 4.66. The van der Waals surface area contributed by atoms with E-state index in [4.69, 9.17) is 0 Å². The van der Waals surface area contributed by atoms with Crippen molar-refractivity contribution in [3.63, 3.8) is 0 Å². The van der Waals surface area contributed by atoms with Crippen LogP contribution in [-0.2, 0) is 11.3 Å². The number of carboxylic acids is 1. The standard InChI is InChI=1S/C19H24N4O3/c1-13-21-15-6-2-3-7-16(15)23(13)10-9-20-18(26)22-11-14-5-4-8-19(14,12-22)17(24)25/h2-3,6-7,14H,4-5,8-12H2,1H3,(H,20,26)(H,24,25)/t14-,19+/m0/s1. The summed E-state index contributed by atoms with van der Waals surface area (Å²) in [7, 11) is 0. The van der Waals surface area contributed by atoms with Gasteiger partial charge in [-0.1, -0.05) is 18.6 Å². The van der Waals surface area contributed by atoms with Crippen LogP contribution in [0.15, 0.2) is 24.3 Å². The first-order chi connectivity index (χ1) is 12.5. The van der Waals surface area contributed by atoms with Crippen LogP contribution in [0.2, 0.25) is 0 Å². The number of likely N-dealkylation sites (tertiary alicyclic amines) is 1. The van der Waals surface area contributed by atoms with Crippen LogP contribution in [0, 0.1) is 18.3 Å². The van der Waals surface area contributed by atoms with E-state index in [1.165, 1.54) is 0 Å². The smallest absolute Gasteiger partial charge is 0.317 e. The Bertz CT molecular complexity index is 862. The van der Waals surface area contributed by atoms with E-state index >= 15 is 0 Å². The van der Waals surface area contributed by atoms with Gasteiger partial charge >= 0.3 is 12.0 Å². The summed E-state index contributed by atoms with van der Waals surface area (Å²) in [4.78, 5) is 30.5. The average Bonchev–Trinajstić information content (AvgIpc) is 3.25. The molecule has 2 N–H and O–H groups in total. The van der Waals surface area contributed by atoms with E-state index in [0.29, 0.717) is 32.6 Å². The van der Waals surface area contributed by atoms with Gasteiger partial charge in [0.05, 0.1) is 16.4 Å². The molecule has 4 rings (SSSR count). The van der Waals surface area contributed by atoms with Crippen molar-refractivity contribution >= 4 is 23.0 Å². The van der Waals surface area contributed by atoms with Crippen molar-refractivity contribution in [1.29, 1.82) is 0 Å². The first kappa shape index (κ1) is 16.9. The number of imidazole rings is 1. The summed E-state index contributed by atoms with van der Waals surface area (Å²) in [6.07, 6.45) is 2.52. The number of aromatic nitrogens is 2. The van der Waals surface area contributed by atoms with Gasteiger partial charge in [-0.25, -0.2) is 9.78 Å². The zero-order valence-electron chi connectivity index (χ0n) is 14.9. The molecule has 26 heavy (non-hydrogen) atoms. The van der Waals surface area contributed by atoms with Crippen LogP contribution in [-0.4, -0.2) is 51.2 Å². The van der Waals surface area contributed by atoms with Crippen molar-refractivity contribution in [2.24, 2.45) is 11.3 Å². The third-order valence-corrected chi connectivity index (χ3v) is 6.04. The zero-order chi connectivity index (χ0) is 18.3. The second-order valence-electron chi connectivity index (χ2n) is 7.46. The molecule has 2 fully saturated rings. The summed E-state index contributed by atoms with van der Waals surface area (Å²) in [6.45, 7) is 3.96. The molecule has 0 radical (unpaired) electrons. The maximum atomic E-state index is 12.5. The lowest BCUT2D eigenvalue weighted by atomic mass is 9.81. The number of aryl methyl sites for hydroxylation is 1. The molecule has 7 nitrogen and oxygen atoms in total. The van der Waals surface area contributed by atoms with Gasteiger partial charge in [-0.15, -0.1) is 0 Å². The Balaban J connectivity index is 1.38. The van der Waals surface area contributed by atoms with Gasteiger partial charge in [0.15, 0.2) is 0 Å². The number of rotatable bonds is 4. The summed E-state index contributed by atoms with van der Waals surface area (Å²) in [5.74, 6) is 0.252. The summed E-state index contributed by atoms with van der Waals surface area (Å²) in [5.41, 5.74) is 1.28. The summed E-state index contributed by atoms with van der Waals surface area (Å²) in [6, 6.07) is 7.78. The van der Waals surface area contributed by atoms with Crippen molar-refractivity contribution in [3.8, 4) is 0 Å². The Labute approximate surface area is 152 Å². The van der Waals surface area contributed by atoms with Gasteiger partial charge in [0, 0.05) is 26.2 Å². The largest absolute Gasteiger partial charge is 0.481 e. The molecule has 0 spiro atoms. The summed E-state index contributed by atoms with van der Waals surface area (Å²) < 4.78 is 2.09. The Kier molecular flexibility index (Phi) is 4.09. The van der Waals surface area contributed by atoms with Gasteiger partial charge in [-0.2, -0.15) is 0 Å². The Morgan fingerprint density at radius 1 is 1.38 bits per heavy atom. The topological polar surface area (TPSA) is 87.5 Å². The Morgan fingerprint density at radius 3 is 2.96 bits per heavy atom. The molecule has 7 heteroatoms. The monoisotopic (exact) mass is 356 g/mol. The van der Waals surface area contributed by atoms with Crippen LogP contribution in [0.5, 0.6) is 0 Å². The highest BCUT2D eigenvalue weighted by atomic mass is 16.4. The number of hydrogen-bond donors (Lipinski definition) is 2.